The van der Waals surface area contributed by atoms with Gasteiger partial charge in [-0.15, -0.1) is 0 Å². The molecule has 3 aromatic heterocycles. The molecule has 0 radical (unpaired) electrons. The molecule has 8 nitrogen and oxygen atoms in total. The summed E-state index contributed by atoms with van der Waals surface area (Å²) in [6.07, 6.45) is 5.06. The van der Waals surface area contributed by atoms with Crippen molar-refractivity contribution in [1.82, 2.24) is 24.4 Å². The molecule has 5 rings (SSSR count). The lowest BCUT2D eigenvalue weighted by molar-refractivity contribution is 0.481. The number of aromatic amines is 1. The number of fused-ring (bicyclic) bond motifs is 1. The highest BCUT2D eigenvalue weighted by atomic mass is 16.5. The van der Waals surface area contributed by atoms with E-state index in [9.17, 15) is 10.1 Å². The van der Waals surface area contributed by atoms with Gasteiger partial charge in [0.15, 0.2) is 5.65 Å². The number of rotatable bonds is 6. The van der Waals surface area contributed by atoms with E-state index in [4.69, 9.17) is 4.74 Å². The standard InChI is InChI=1S/C26H22N6O2/c1-17(2)23-24(30-25-19(12-27)13-29-32(25)26(23)33)20-14-28-31(16-20)15-18-7-6-10-22(11-18)34-21-8-4-3-5-9-21/h3-11,13-14,16-17,29H,15H2,1-2H3. The van der Waals surface area contributed by atoms with Gasteiger partial charge in [0.2, 0.25) is 0 Å². The average Bonchev–Trinajstić information content (AvgIpc) is 3.46. The summed E-state index contributed by atoms with van der Waals surface area (Å²) in [4.78, 5) is 17.8. The number of ether oxygens (including phenoxy) is 1. The summed E-state index contributed by atoms with van der Waals surface area (Å²) in [6, 6.07) is 19.5. The fraction of sp³-hybridized carbons (Fsp3) is 0.154. The summed E-state index contributed by atoms with van der Waals surface area (Å²) in [5.74, 6) is 1.46. The monoisotopic (exact) mass is 450 g/mol. The molecule has 0 aliphatic heterocycles. The van der Waals surface area contributed by atoms with E-state index in [2.05, 4.69) is 21.3 Å². The normalized spacial score (nSPS) is 11.1. The minimum absolute atomic E-state index is 0.0593. The van der Waals surface area contributed by atoms with Gasteiger partial charge in [0, 0.05) is 23.5 Å². The second-order valence-electron chi connectivity index (χ2n) is 8.28. The van der Waals surface area contributed by atoms with Crippen molar-refractivity contribution in [2.75, 3.05) is 0 Å². The Hall–Kier alpha value is -4.64. The molecule has 8 heteroatoms. The highest BCUT2D eigenvalue weighted by molar-refractivity contribution is 5.67. The topological polar surface area (TPSA) is 101 Å². The average molecular weight is 451 g/mol. The molecule has 2 aromatic carbocycles. The summed E-state index contributed by atoms with van der Waals surface area (Å²) in [5, 5.41) is 16.7. The number of aromatic nitrogens is 5. The molecule has 3 heterocycles. The van der Waals surface area contributed by atoms with Crippen molar-refractivity contribution in [2.24, 2.45) is 0 Å². The van der Waals surface area contributed by atoms with E-state index >= 15 is 0 Å². The largest absolute Gasteiger partial charge is 0.457 e. The van der Waals surface area contributed by atoms with Crippen molar-refractivity contribution >= 4 is 5.65 Å². The predicted molar refractivity (Wildman–Crippen MR) is 128 cm³/mol. The number of nitrogens with zero attached hydrogens (tertiary/aromatic N) is 5. The van der Waals surface area contributed by atoms with Crippen LogP contribution in [0.2, 0.25) is 0 Å². The molecule has 0 fully saturated rings. The van der Waals surface area contributed by atoms with Gasteiger partial charge in [0.05, 0.1) is 18.4 Å². The van der Waals surface area contributed by atoms with Gasteiger partial charge in [0.25, 0.3) is 5.56 Å². The van der Waals surface area contributed by atoms with Gasteiger partial charge in [0.1, 0.15) is 23.1 Å². The van der Waals surface area contributed by atoms with Crippen LogP contribution in [0.5, 0.6) is 11.5 Å². The number of H-pyrrole nitrogens is 1. The third-order valence-electron chi connectivity index (χ3n) is 5.52. The fourth-order valence-corrected chi connectivity index (χ4v) is 3.94. The Morgan fingerprint density at radius 1 is 1.12 bits per heavy atom. The molecule has 1 N–H and O–H groups in total. The van der Waals surface area contributed by atoms with Crippen molar-refractivity contribution in [3.05, 3.63) is 100 Å². The second-order valence-corrected chi connectivity index (χ2v) is 8.28. The lowest BCUT2D eigenvalue weighted by Crippen LogP contribution is -2.22. The van der Waals surface area contributed by atoms with Crippen LogP contribution in [0.3, 0.4) is 0 Å². The van der Waals surface area contributed by atoms with Gasteiger partial charge in [-0.25, -0.2) is 9.50 Å². The fourth-order valence-electron chi connectivity index (χ4n) is 3.94. The summed E-state index contributed by atoms with van der Waals surface area (Å²) >= 11 is 0. The highest BCUT2D eigenvalue weighted by Crippen LogP contribution is 2.27. The summed E-state index contributed by atoms with van der Waals surface area (Å²) in [6.45, 7) is 4.42. The number of nitrogens with one attached hydrogen (secondary N) is 1. The van der Waals surface area contributed by atoms with Gasteiger partial charge in [-0.2, -0.15) is 10.4 Å². The number of para-hydroxylation sites is 1. The SMILES string of the molecule is CC(C)c1c(-c2cnn(Cc3cccc(Oc4ccccc4)c3)c2)nc2c(C#N)c[nH]n2c1=O. The summed E-state index contributed by atoms with van der Waals surface area (Å²) < 4.78 is 9.05. The van der Waals surface area contributed by atoms with Crippen LogP contribution in [0.4, 0.5) is 0 Å². The van der Waals surface area contributed by atoms with E-state index in [0.29, 0.717) is 29.0 Å². The molecular formula is C26H22N6O2. The van der Waals surface area contributed by atoms with Crippen LogP contribution in [0.15, 0.2) is 78.0 Å². The van der Waals surface area contributed by atoms with Crippen LogP contribution >= 0.6 is 0 Å². The Morgan fingerprint density at radius 2 is 1.91 bits per heavy atom. The zero-order chi connectivity index (χ0) is 23.7. The lowest BCUT2D eigenvalue weighted by Gasteiger charge is -2.10. The van der Waals surface area contributed by atoms with Crippen LogP contribution in [0.1, 0.15) is 36.5 Å². The highest BCUT2D eigenvalue weighted by Gasteiger charge is 2.20. The van der Waals surface area contributed by atoms with E-state index in [-0.39, 0.29) is 11.5 Å². The smallest absolute Gasteiger partial charge is 0.276 e. The molecule has 5 aromatic rings. The number of hydrogen-bond acceptors (Lipinski definition) is 5. The van der Waals surface area contributed by atoms with Gasteiger partial charge in [-0.05, 0) is 35.7 Å². The molecule has 0 unspecified atom stereocenters. The minimum atomic E-state index is -0.213. The van der Waals surface area contributed by atoms with E-state index in [1.807, 2.05) is 74.6 Å². The van der Waals surface area contributed by atoms with Crippen LogP contribution in [0, 0.1) is 11.3 Å². The first-order valence-electron chi connectivity index (χ1n) is 10.9. The van der Waals surface area contributed by atoms with Crippen molar-refractivity contribution in [2.45, 2.75) is 26.3 Å². The molecule has 0 bridgehead atoms. The van der Waals surface area contributed by atoms with Crippen molar-refractivity contribution in [1.29, 1.82) is 5.26 Å². The molecule has 0 saturated heterocycles. The van der Waals surface area contributed by atoms with Crippen LogP contribution in [-0.4, -0.2) is 24.4 Å². The Morgan fingerprint density at radius 3 is 2.68 bits per heavy atom. The summed E-state index contributed by atoms with van der Waals surface area (Å²) in [7, 11) is 0. The first kappa shape index (κ1) is 21.2. The maximum absolute atomic E-state index is 13.1. The Kier molecular flexibility index (Phi) is 5.44. The van der Waals surface area contributed by atoms with E-state index in [0.717, 1.165) is 22.6 Å². The van der Waals surface area contributed by atoms with Crippen molar-refractivity contribution in [3.63, 3.8) is 0 Å². The molecule has 0 atom stereocenters. The van der Waals surface area contributed by atoms with E-state index < -0.39 is 0 Å². The molecular weight excluding hydrogens is 428 g/mol. The molecule has 34 heavy (non-hydrogen) atoms. The number of benzene rings is 2. The van der Waals surface area contributed by atoms with Crippen LogP contribution in [-0.2, 0) is 6.54 Å². The van der Waals surface area contributed by atoms with E-state index in [1.165, 1.54) is 10.7 Å². The zero-order valence-corrected chi connectivity index (χ0v) is 18.8. The molecule has 168 valence electrons. The van der Waals surface area contributed by atoms with Crippen LogP contribution in [0.25, 0.3) is 16.9 Å². The molecule has 0 saturated carbocycles. The zero-order valence-electron chi connectivity index (χ0n) is 18.8. The van der Waals surface area contributed by atoms with Crippen LogP contribution < -0.4 is 10.3 Å². The third-order valence-corrected chi connectivity index (χ3v) is 5.52. The maximum atomic E-state index is 13.1. The van der Waals surface area contributed by atoms with Gasteiger partial charge >= 0.3 is 0 Å². The third kappa shape index (κ3) is 3.95. The van der Waals surface area contributed by atoms with Gasteiger partial charge in [-0.1, -0.05) is 44.2 Å². The molecule has 0 aliphatic carbocycles. The lowest BCUT2D eigenvalue weighted by atomic mass is 10.00. The molecule has 0 spiro atoms. The van der Waals surface area contributed by atoms with Crippen molar-refractivity contribution in [3.8, 4) is 28.8 Å². The Bertz CT molecular complexity index is 1570. The minimum Gasteiger partial charge on any atom is -0.457 e. The Balaban J connectivity index is 1.47. The van der Waals surface area contributed by atoms with Gasteiger partial charge in [-0.3, -0.25) is 14.6 Å². The predicted octanol–water partition coefficient (Wildman–Crippen LogP) is 4.72. The summed E-state index contributed by atoms with van der Waals surface area (Å²) in [5.41, 5.74) is 3.28. The first-order chi connectivity index (χ1) is 16.5. The van der Waals surface area contributed by atoms with E-state index in [1.54, 1.807) is 10.9 Å². The quantitative estimate of drug-likeness (QED) is 0.403. The van der Waals surface area contributed by atoms with Crippen molar-refractivity contribution < 1.29 is 4.74 Å². The number of nitriles is 1. The number of hydrogen-bond donors (Lipinski definition) is 1. The molecule has 0 aliphatic rings. The molecule has 0 amide bonds. The maximum Gasteiger partial charge on any atom is 0.276 e. The second kappa shape index (κ2) is 8.71. The first-order valence-corrected chi connectivity index (χ1v) is 10.9. The van der Waals surface area contributed by atoms with Gasteiger partial charge < -0.3 is 4.74 Å². The Labute approximate surface area is 195 Å².